The lowest BCUT2D eigenvalue weighted by atomic mass is 10.0. The van der Waals surface area contributed by atoms with Crippen molar-refractivity contribution in [3.05, 3.63) is 45.7 Å². The van der Waals surface area contributed by atoms with Gasteiger partial charge in [0.25, 0.3) is 5.56 Å². The molecule has 0 saturated carbocycles. The molecule has 0 unspecified atom stereocenters. The number of aldehydes is 1. The Balaban J connectivity index is 2.83. The van der Waals surface area contributed by atoms with Crippen molar-refractivity contribution in [3.63, 3.8) is 0 Å². The molecule has 0 radical (unpaired) electrons. The number of fused-ring (bicyclic) bond motifs is 1. The highest BCUT2D eigenvalue weighted by molar-refractivity contribution is 5.86. The van der Waals surface area contributed by atoms with Crippen molar-refractivity contribution in [1.29, 1.82) is 0 Å². The predicted molar refractivity (Wildman–Crippen MR) is 68.7 cm³/mol. The van der Waals surface area contributed by atoms with Gasteiger partial charge in [-0.05, 0) is 35.1 Å². The number of carbonyl (C=O) groups is 1. The van der Waals surface area contributed by atoms with Gasteiger partial charge in [-0.15, -0.1) is 0 Å². The highest BCUT2D eigenvalue weighted by Crippen LogP contribution is 2.20. The summed E-state index contributed by atoms with van der Waals surface area (Å²) in [6.07, 6.45) is 0.615. The number of hydrogen-bond donors (Lipinski definition) is 0. The van der Waals surface area contributed by atoms with Crippen molar-refractivity contribution in [1.82, 2.24) is 4.57 Å². The quantitative estimate of drug-likeness (QED) is 0.742. The van der Waals surface area contributed by atoms with Gasteiger partial charge in [-0.2, -0.15) is 0 Å². The highest BCUT2D eigenvalue weighted by Gasteiger charge is 2.07. The summed E-state index contributed by atoms with van der Waals surface area (Å²) in [7, 11) is 1.69. The van der Waals surface area contributed by atoms with Gasteiger partial charge in [-0.3, -0.25) is 9.59 Å². The van der Waals surface area contributed by atoms with Crippen molar-refractivity contribution in [2.75, 3.05) is 0 Å². The summed E-state index contributed by atoms with van der Waals surface area (Å²) < 4.78 is 1.52. The Bertz CT molecular complexity index is 638. The minimum atomic E-state index is -0.246. The Hall–Kier alpha value is -1.90. The zero-order chi connectivity index (χ0) is 12.6. The Morgan fingerprint density at radius 2 is 1.94 bits per heavy atom. The van der Waals surface area contributed by atoms with E-state index in [9.17, 15) is 9.59 Å². The number of benzene rings is 1. The van der Waals surface area contributed by atoms with Crippen molar-refractivity contribution < 1.29 is 4.79 Å². The second-order valence-corrected chi connectivity index (χ2v) is 4.55. The first-order chi connectivity index (χ1) is 8.04. The van der Waals surface area contributed by atoms with Crippen LogP contribution in [0.5, 0.6) is 0 Å². The molecule has 3 heteroatoms. The van der Waals surface area contributed by atoms with Crippen LogP contribution >= 0.6 is 0 Å². The topological polar surface area (TPSA) is 39.1 Å². The lowest BCUT2D eigenvalue weighted by Crippen LogP contribution is -2.20. The van der Waals surface area contributed by atoms with E-state index in [4.69, 9.17) is 0 Å². The molecule has 0 atom stereocenters. The molecule has 1 aromatic carbocycles. The molecule has 0 aliphatic rings. The Morgan fingerprint density at radius 1 is 1.24 bits per heavy atom. The van der Waals surface area contributed by atoms with E-state index in [1.54, 1.807) is 13.1 Å². The Kier molecular flexibility index (Phi) is 2.84. The summed E-state index contributed by atoms with van der Waals surface area (Å²) in [5, 5.41) is 0.931. The van der Waals surface area contributed by atoms with Crippen LogP contribution in [0.1, 0.15) is 35.7 Å². The third-order valence-electron chi connectivity index (χ3n) is 3.07. The highest BCUT2D eigenvalue weighted by atomic mass is 16.1. The molecular weight excluding hydrogens is 214 g/mol. The monoisotopic (exact) mass is 229 g/mol. The molecule has 17 heavy (non-hydrogen) atoms. The van der Waals surface area contributed by atoms with Crippen LogP contribution in [0, 0.1) is 0 Å². The number of aromatic nitrogens is 1. The smallest absolute Gasteiger partial charge is 0.261 e. The summed E-state index contributed by atoms with van der Waals surface area (Å²) in [5.74, 6) is 0.427. The van der Waals surface area contributed by atoms with E-state index in [-0.39, 0.29) is 11.1 Å². The molecule has 0 amide bonds. The van der Waals surface area contributed by atoms with Crippen LogP contribution in [-0.2, 0) is 7.05 Å². The van der Waals surface area contributed by atoms with Crippen LogP contribution in [0.2, 0.25) is 0 Å². The summed E-state index contributed by atoms with van der Waals surface area (Å²) >= 11 is 0. The van der Waals surface area contributed by atoms with Crippen LogP contribution in [0.3, 0.4) is 0 Å². The van der Waals surface area contributed by atoms with E-state index in [0.717, 1.165) is 10.9 Å². The lowest BCUT2D eigenvalue weighted by molar-refractivity contribution is 0.112. The molecule has 0 aliphatic heterocycles. The van der Waals surface area contributed by atoms with E-state index in [0.29, 0.717) is 12.2 Å². The fourth-order valence-corrected chi connectivity index (χ4v) is 1.97. The van der Waals surface area contributed by atoms with E-state index >= 15 is 0 Å². The van der Waals surface area contributed by atoms with Gasteiger partial charge >= 0.3 is 0 Å². The van der Waals surface area contributed by atoms with E-state index in [1.165, 1.54) is 10.1 Å². The van der Waals surface area contributed by atoms with Crippen molar-refractivity contribution >= 4 is 17.2 Å². The molecule has 0 fully saturated rings. The molecule has 3 nitrogen and oxygen atoms in total. The molecule has 0 saturated heterocycles. The second-order valence-electron chi connectivity index (χ2n) is 4.55. The zero-order valence-corrected chi connectivity index (χ0v) is 10.2. The predicted octanol–water partition coefficient (Wildman–Crippen LogP) is 2.47. The minimum absolute atomic E-state index is 0.209. The Labute approximate surface area is 99.7 Å². The van der Waals surface area contributed by atoms with Crippen molar-refractivity contribution in [2.24, 2.45) is 7.05 Å². The molecule has 0 N–H and O–H groups in total. The van der Waals surface area contributed by atoms with Crippen molar-refractivity contribution in [3.8, 4) is 0 Å². The molecule has 0 bridgehead atoms. The van der Waals surface area contributed by atoms with Gasteiger partial charge in [0.15, 0.2) is 6.29 Å². The van der Waals surface area contributed by atoms with Gasteiger partial charge in [0.05, 0.1) is 11.1 Å². The number of hydrogen-bond acceptors (Lipinski definition) is 2. The first-order valence-corrected chi connectivity index (χ1v) is 5.63. The summed E-state index contributed by atoms with van der Waals surface area (Å²) in [5.41, 5.74) is 2.02. The number of carbonyl (C=O) groups excluding carboxylic acids is 1. The zero-order valence-electron chi connectivity index (χ0n) is 10.2. The average molecular weight is 229 g/mol. The van der Waals surface area contributed by atoms with Gasteiger partial charge < -0.3 is 4.57 Å². The van der Waals surface area contributed by atoms with Gasteiger partial charge in [0, 0.05) is 7.05 Å². The molecule has 2 rings (SSSR count). The first-order valence-electron chi connectivity index (χ1n) is 5.63. The normalized spacial score (nSPS) is 11.1. The third kappa shape index (κ3) is 1.88. The molecular formula is C14H15NO2. The minimum Gasteiger partial charge on any atom is -0.311 e. The lowest BCUT2D eigenvalue weighted by Gasteiger charge is -2.10. The standard InChI is InChI=1S/C14H15NO2/c1-9(2)10-4-5-13-11(6-10)7-12(8-16)14(17)15(13)3/h4-9H,1-3H3. The number of aryl methyl sites for hydroxylation is 1. The summed E-state index contributed by atoms with van der Waals surface area (Å²) in [6, 6.07) is 7.65. The fourth-order valence-electron chi connectivity index (χ4n) is 1.97. The number of nitrogens with zero attached hydrogens (tertiary/aromatic N) is 1. The van der Waals surface area contributed by atoms with Crippen LogP contribution in [0.15, 0.2) is 29.1 Å². The van der Waals surface area contributed by atoms with Gasteiger partial charge in [0.1, 0.15) is 0 Å². The van der Waals surface area contributed by atoms with Gasteiger partial charge in [-0.25, -0.2) is 0 Å². The second kappa shape index (κ2) is 4.17. The molecule has 1 aromatic heterocycles. The fraction of sp³-hybridized carbons (Fsp3) is 0.286. The Morgan fingerprint density at radius 3 is 2.53 bits per heavy atom. The maximum atomic E-state index is 11.8. The van der Waals surface area contributed by atoms with Crippen LogP contribution in [0.25, 0.3) is 10.9 Å². The maximum Gasteiger partial charge on any atom is 0.261 e. The number of rotatable bonds is 2. The number of pyridine rings is 1. The van der Waals surface area contributed by atoms with E-state index in [2.05, 4.69) is 13.8 Å². The molecule has 88 valence electrons. The van der Waals surface area contributed by atoms with Gasteiger partial charge in [0.2, 0.25) is 0 Å². The largest absolute Gasteiger partial charge is 0.311 e. The van der Waals surface area contributed by atoms with Crippen molar-refractivity contribution in [2.45, 2.75) is 19.8 Å². The summed E-state index contributed by atoms with van der Waals surface area (Å²) in [6.45, 7) is 4.23. The molecule has 0 aliphatic carbocycles. The van der Waals surface area contributed by atoms with E-state index < -0.39 is 0 Å². The van der Waals surface area contributed by atoms with Crippen LogP contribution in [-0.4, -0.2) is 10.9 Å². The van der Waals surface area contributed by atoms with Crippen LogP contribution < -0.4 is 5.56 Å². The first kappa shape index (κ1) is 11.6. The molecule has 1 heterocycles. The summed E-state index contributed by atoms with van der Waals surface area (Å²) in [4.78, 5) is 22.6. The maximum absolute atomic E-state index is 11.8. The van der Waals surface area contributed by atoms with Crippen LogP contribution in [0.4, 0.5) is 0 Å². The SMILES string of the molecule is CC(C)c1ccc2c(c1)cc(C=O)c(=O)n2C. The third-order valence-corrected chi connectivity index (χ3v) is 3.07. The average Bonchev–Trinajstić information content (AvgIpc) is 2.33. The molecule has 0 spiro atoms. The van der Waals surface area contributed by atoms with Gasteiger partial charge in [-0.1, -0.05) is 19.9 Å². The van der Waals surface area contributed by atoms with E-state index in [1.807, 2.05) is 18.2 Å². The molecule has 2 aromatic rings.